The van der Waals surface area contributed by atoms with Crippen molar-refractivity contribution < 1.29 is 0 Å². The van der Waals surface area contributed by atoms with Crippen molar-refractivity contribution in [1.29, 1.82) is 0 Å². The topological polar surface area (TPSA) is 45.4 Å². The van der Waals surface area contributed by atoms with Gasteiger partial charge in [0.1, 0.15) is 0 Å². The Morgan fingerprint density at radius 1 is 1.37 bits per heavy atom. The predicted molar refractivity (Wildman–Crippen MR) is 80.4 cm³/mol. The summed E-state index contributed by atoms with van der Waals surface area (Å²) in [6, 6.07) is 4.90. The Hall–Kier alpha value is -1.13. The highest BCUT2D eigenvalue weighted by Crippen LogP contribution is 2.20. The average molecular weight is 262 g/mol. The zero-order valence-corrected chi connectivity index (χ0v) is 12.3. The lowest BCUT2D eigenvalue weighted by Gasteiger charge is -2.40. The number of rotatable bonds is 4. The molecule has 0 aromatic carbocycles. The SMILES string of the molecule is CC[C@@H](N)c1ccc(N2CCN(CC)C(C)C2)cn1. The second-order valence-corrected chi connectivity index (χ2v) is 5.38. The molecule has 1 saturated heterocycles. The fourth-order valence-electron chi connectivity index (χ4n) is 2.71. The van der Waals surface area contributed by atoms with E-state index in [-0.39, 0.29) is 6.04 Å². The number of nitrogens with zero attached hydrogens (tertiary/aromatic N) is 3. The maximum Gasteiger partial charge on any atom is 0.0572 e. The number of hydrogen-bond acceptors (Lipinski definition) is 4. The third kappa shape index (κ3) is 3.25. The van der Waals surface area contributed by atoms with Gasteiger partial charge in [0.15, 0.2) is 0 Å². The predicted octanol–water partition coefficient (Wildman–Crippen LogP) is 2.02. The standard InChI is InChI=1S/C15H26N4/c1-4-14(16)15-7-6-13(10-17-15)19-9-8-18(5-2)12(3)11-19/h6-7,10,12,14H,4-5,8-9,11,16H2,1-3H3/t12?,14-/m1/s1. The number of likely N-dealkylation sites (N-methyl/N-ethyl adjacent to an activating group) is 1. The van der Waals surface area contributed by atoms with Gasteiger partial charge >= 0.3 is 0 Å². The van der Waals surface area contributed by atoms with Crippen LogP contribution in [0.2, 0.25) is 0 Å². The van der Waals surface area contributed by atoms with E-state index in [0.717, 1.165) is 38.3 Å². The number of piperazine rings is 1. The Morgan fingerprint density at radius 3 is 2.68 bits per heavy atom. The van der Waals surface area contributed by atoms with Crippen molar-refractivity contribution in [2.45, 2.75) is 39.3 Å². The molecule has 1 aromatic rings. The van der Waals surface area contributed by atoms with E-state index >= 15 is 0 Å². The largest absolute Gasteiger partial charge is 0.367 e. The van der Waals surface area contributed by atoms with Gasteiger partial charge in [0.2, 0.25) is 0 Å². The third-order valence-electron chi connectivity index (χ3n) is 4.13. The Balaban J connectivity index is 2.03. The summed E-state index contributed by atoms with van der Waals surface area (Å²) >= 11 is 0. The number of aromatic nitrogens is 1. The Labute approximate surface area is 116 Å². The summed E-state index contributed by atoms with van der Waals surface area (Å²) in [4.78, 5) is 9.45. The van der Waals surface area contributed by atoms with Crippen LogP contribution in [0.25, 0.3) is 0 Å². The second-order valence-electron chi connectivity index (χ2n) is 5.38. The van der Waals surface area contributed by atoms with Crippen LogP contribution in [0.15, 0.2) is 18.3 Å². The molecule has 106 valence electrons. The Kier molecular flexibility index (Phi) is 4.77. The molecule has 0 spiro atoms. The molecule has 19 heavy (non-hydrogen) atoms. The van der Waals surface area contributed by atoms with E-state index in [2.05, 4.69) is 47.7 Å². The molecular formula is C15H26N4. The van der Waals surface area contributed by atoms with Crippen molar-refractivity contribution in [3.8, 4) is 0 Å². The first-order valence-corrected chi connectivity index (χ1v) is 7.36. The number of nitrogens with two attached hydrogens (primary N) is 1. The summed E-state index contributed by atoms with van der Waals surface area (Å²) in [5, 5.41) is 0. The van der Waals surface area contributed by atoms with Crippen LogP contribution in [0, 0.1) is 0 Å². The number of anilines is 1. The second kappa shape index (κ2) is 6.35. The van der Waals surface area contributed by atoms with Gasteiger partial charge in [-0.05, 0) is 32.0 Å². The molecule has 2 heterocycles. The summed E-state index contributed by atoms with van der Waals surface area (Å²) in [6.45, 7) is 11.0. The maximum atomic E-state index is 6.00. The molecule has 0 amide bonds. The third-order valence-corrected chi connectivity index (χ3v) is 4.13. The van der Waals surface area contributed by atoms with E-state index in [9.17, 15) is 0 Å². The zero-order chi connectivity index (χ0) is 13.8. The lowest BCUT2D eigenvalue weighted by Crippen LogP contribution is -2.51. The molecule has 4 nitrogen and oxygen atoms in total. The van der Waals surface area contributed by atoms with Crippen LogP contribution in [-0.4, -0.2) is 42.1 Å². The molecule has 0 bridgehead atoms. The van der Waals surface area contributed by atoms with Crippen molar-refractivity contribution in [2.75, 3.05) is 31.1 Å². The minimum absolute atomic E-state index is 0.0601. The average Bonchev–Trinajstić information content (AvgIpc) is 2.46. The molecule has 1 aliphatic rings. The Morgan fingerprint density at radius 2 is 2.16 bits per heavy atom. The van der Waals surface area contributed by atoms with E-state index in [1.165, 1.54) is 5.69 Å². The molecule has 0 radical (unpaired) electrons. The van der Waals surface area contributed by atoms with Crippen molar-refractivity contribution in [1.82, 2.24) is 9.88 Å². The van der Waals surface area contributed by atoms with E-state index in [1.54, 1.807) is 0 Å². The van der Waals surface area contributed by atoms with Crippen LogP contribution >= 0.6 is 0 Å². The van der Waals surface area contributed by atoms with Crippen LogP contribution < -0.4 is 10.6 Å². The number of pyridine rings is 1. The van der Waals surface area contributed by atoms with Gasteiger partial charge in [-0.3, -0.25) is 9.88 Å². The van der Waals surface area contributed by atoms with Gasteiger partial charge < -0.3 is 10.6 Å². The highest BCUT2D eigenvalue weighted by molar-refractivity contribution is 5.45. The van der Waals surface area contributed by atoms with Crippen LogP contribution in [0.3, 0.4) is 0 Å². The molecular weight excluding hydrogens is 236 g/mol. The minimum Gasteiger partial charge on any atom is -0.367 e. The van der Waals surface area contributed by atoms with Gasteiger partial charge in [0, 0.05) is 31.7 Å². The molecule has 1 aromatic heterocycles. The van der Waals surface area contributed by atoms with E-state index < -0.39 is 0 Å². The monoisotopic (exact) mass is 262 g/mol. The minimum atomic E-state index is 0.0601. The van der Waals surface area contributed by atoms with Gasteiger partial charge in [-0.2, -0.15) is 0 Å². The van der Waals surface area contributed by atoms with Gasteiger partial charge in [-0.25, -0.2) is 0 Å². The highest BCUT2D eigenvalue weighted by atomic mass is 15.3. The summed E-state index contributed by atoms with van der Waals surface area (Å²) in [5.41, 5.74) is 8.21. The molecule has 0 aliphatic carbocycles. The quantitative estimate of drug-likeness (QED) is 0.902. The summed E-state index contributed by atoms with van der Waals surface area (Å²) in [6.07, 6.45) is 2.90. The Bertz CT molecular complexity index is 390. The van der Waals surface area contributed by atoms with Gasteiger partial charge in [0.05, 0.1) is 17.6 Å². The smallest absolute Gasteiger partial charge is 0.0572 e. The van der Waals surface area contributed by atoms with Crippen LogP contribution in [0.4, 0.5) is 5.69 Å². The molecule has 1 unspecified atom stereocenters. The van der Waals surface area contributed by atoms with E-state index in [0.29, 0.717) is 6.04 Å². The molecule has 0 saturated carbocycles. The normalized spacial score (nSPS) is 22.5. The first kappa shape index (κ1) is 14.3. The summed E-state index contributed by atoms with van der Waals surface area (Å²) < 4.78 is 0. The fourth-order valence-corrected chi connectivity index (χ4v) is 2.71. The van der Waals surface area contributed by atoms with Gasteiger partial charge in [0.25, 0.3) is 0 Å². The molecule has 4 heteroatoms. The highest BCUT2D eigenvalue weighted by Gasteiger charge is 2.22. The van der Waals surface area contributed by atoms with Crippen molar-refractivity contribution in [2.24, 2.45) is 5.73 Å². The molecule has 2 rings (SSSR count). The van der Waals surface area contributed by atoms with Crippen LogP contribution in [0.1, 0.15) is 38.9 Å². The van der Waals surface area contributed by atoms with E-state index in [1.807, 2.05) is 6.20 Å². The summed E-state index contributed by atoms with van der Waals surface area (Å²) in [5.74, 6) is 0. The van der Waals surface area contributed by atoms with Gasteiger partial charge in [-0.1, -0.05) is 13.8 Å². The fraction of sp³-hybridized carbons (Fsp3) is 0.667. The first-order valence-electron chi connectivity index (χ1n) is 7.36. The first-order chi connectivity index (χ1) is 9.15. The van der Waals surface area contributed by atoms with Crippen LogP contribution in [0.5, 0.6) is 0 Å². The lowest BCUT2D eigenvalue weighted by molar-refractivity contribution is 0.199. The molecule has 1 fully saturated rings. The van der Waals surface area contributed by atoms with E-state index in [4.69, 9.17) is 5.73 Å². The molecule has 1 aliphatic heterocycles. The summed E-state index contributed by atoms with van der Waals surface area (Å²) in [7, 11) is 0. The van der Waals surface area contributed by atoms with Crippen LogP contribution in [-0.2, 0) is 0 Å². The maximum absolute atomic E-state index is 6.00. The number of hydrogen-bond donors (Lipinski definition) is 1. The molecule has 2 atom stereocenters. The zero-order valence-electron chi connectivity index (χ0n) is 12.3. The molecule has 2 N–H and O–H groups in total. The van der Waals surface area contributed by atoms with Gasteiger partial charge in [-0.15, -0.1) is 0 Å². The van der Waals surface area contributed by atoms with Crippen molar-refractivity contribution in [3.05, 3.63) is 24.0 Å². The van der Waals surface area contributed by atoms with Crippen molar-refractivity contribution >= 4 is 5.69 Å². The lowest BCUT2D eigenvalue weighted by atomic mass is 10.1. The van der Waals surface area contributed by atoms with Crippen molar-refractivity contribution in [3.63, 3.8) is 0 Å².